The van der Waals surface area contributed by atoms with Crippen molar-refractivity contribution >= 4 is 32.3 Å². The molecule has 0 fully saturated rings. The molecule has 11 heteroatoms. The van der Waals surface area contributed by atoms with Crippen molar-refractivity contribution in [1.82, 2.24) is 15.2 Å². The molecule has 0 aromatic carbocycles. The molecule has 0 bridgehead atoms. The number of anilines is 1. The largest absolute Gasteiger partial charge is 0.500 e. The lowest BCUT2D eigenvalue weighted by Gasteiger charge is -2.24. The van der Waals surface area contributed by atoms with Crippen LogP contribution < -0.4 is 5.32 Å². The van der Waals surface area contributed by atoms with Gasteiger partial charge in [-0.1, -0.05) is 18.3 Å². The van der Waals surface area contributed by atoms with Crippen LogP contribution in [-0.4, -0.2) is 68.9 Å². The Labute approximate surface area is 159 Å². The van der Waals surface area contributed by atoms with Gasteiger partial charge < -0.3 is 28.7 Å². The first-order chi connectivity index (χ1) is 12.3. The number of carbonyl (C=O) groups excluding carboxylic acids is 1. The number of aliphatic hydroxyl groups excluding tert-OH is 1. The molecule has 1 aromatic heterocycles. The van der Waals surface area contributed by atoms with Gasteiger partial charge in [0.15, 0.2) is 5.16 Å². The number of nitrogens with zero attached hydrogens (tertiary/aromatic N) is 2. The van der Waals surface area contributed by atoms with Gasteiger partial charge in [0.2, 0.25) is 5.95 Å². The summed E-state index contributed by atoms with van der Waals surface area (Å²) in [7, 11) is 1.98. The monoisotopic (exact) mass is 404 g/mol. The Balaban J connectivity index is 2.29. The van der Waals surface area contributed by atoms with Crippen LogP contribution in [0.4, 0.5) is 5.95 Å². The molecular formula is C15H28N4O5SSi. The van der Waals surface area contributed by atoms with E-state index in [0.717, 1.165) is 4.91 Å². The van der Waals surface area contributed by atoms with Crippen molar-refractivity contribution < 1.29 is 23.2 Å². The van der Waals surface area contributed by atoms with Gasteiger partial charge in [0, 0.05) is 46.8 Å². The summed E-state index contributed by atoms with van der Waals surface area (Å²) in [6, 6.07) is 0.553. The number of nitrogens with one attached hydrogen (secondary N) is 2. The van der Waals surface area contributed by atoms with Crippen LogP contribution in [0.5, 0.6) is 0 Å². The standard InChI is InChI=1S/C15H28N4O5SSi/c1-11(2)25-15-17-14(18-19-15)16-10-13(21)9-12(20)7-6-8-26(22-3,23-4)24-5/h13,21H,1,6-10H2,2-5H3,(H2,16,17,18,19). The summed E-state index contributed by atoms with van der Waals surface area (Å²) in [6.45, 7) is 5.85. The number of hydrogen-bond acceptors (Lipinski definition) is 9. The maximum absolute atomic E-state index is 12.0. The van der Waals surface area contributed by atoms with Crippen molar-refractivity contribution in [3.8, 4) is 0 Å². The molecule has 0 amide bonds. The second kappa shape index (κ2) is 11.5. The molecule has 0 saturated carbocycles. The summed E-state index contributed by atoms with van der Waals surface area (Å²) in [4.78, 5) is 15.8. The molecule has 1 heterocycles. The van der Waals surface area contributed by atoms with Crippen molar-refractivity contribution in [2.45, 2.75) is 43.5 Å². The number of aliphatic hydroxyl groups is 1. The van der Waals surface area contributed by atoms with Crippen LogP contribution in [-0.2, 0) is 18.1 Å². The zero-order valence-electron chi connectivity index (χ0n) is 15.7. The topological polar surface area (TPSA) is 119 Å². The van der Waals surface area contributed by atoms with Gasteiger partial charge >= 0.3 is 8.80 Å². The Bertz CT molecular complexity index is 574. The third-order valence-corrected chi connectivity index (χ3v) is 7.13. The smallest absolute Gasteiger partial charge is 0.391 e. The number of H-pyrrole nitrogens is 1. The van der Waals surface area contributed by atoms with Crippen LogP contribution in [0.15, 0.2) is 16.6 Å². The number of hydrogen-bond donors (Lipinski definition) is 3. The van der Waals surface area contributed by atoms with Gasteiger partial charge in [-0.25, -0.2) is 0 Å². The summed E-state index contributed by atoms with van der Waals surface area (Å²) in [5.74, 6) is 0.415. The Morgan fingerprint density at radius 2 is 2.00 bits per heavy atom. The highest BCUT2D eigenvalue weighted by Crippen LogP contribution is 2.21. The normalized spacial score (nSPS) is 12.8. The van der Waals surface area contributed by atoms with Gasteiger partial charge in [0.25, 0.3) is 0 Å². The highest BCUT2D eigenvalue weighted by atomic mass is 32.2. The minimum absolute atomic E-state index is 0.0263. The zero-order valence-corrected chi connectivity index (χ0v) is 17.5. The maximum Gasteiger partial charge on any atom is 0.500 e. The summed E-state index contributed by atoms with van der Waals surface area (Å²) >= 11 is 1.37. The first-order valence-electron chi connectivity index (χ1n) is 8.19. The SMILES string of the molecule is C=C(C)Sc1nnc(NCC(O)CC(=O)CCC[Si](OC)(OC)OC)[nH]1. The number of Topliss-reactive ketones (excluding diaryl/α,β-unsaturated/α-hetero) is 1. The molecule has 0 saturated heterocycles. The van der Waals surface area contributed by atoms with Crippen LogP contribution in [0.25, 0.3) is 0 Å². The van der Waals surface area contributed by atoms with E-state index < -0.39 is 14.9 Å². The summed E-state index contributed by atoms with van der Waals surface area (Å²) < 4.78 is 15.9. The van der Waals surface area contributed by atoms with E-state index in [4.69, 9.17) is 13.3 Å². The average Bonchev–Trinajstić information content (AvgIpc) is 3.04. The molecule has 0 aliphatic rings. The van der Waals surface area contributed by atoms with Crippen molar-refractivity contribution in [2.24, 2.45) is 0 Å². The van der Waals surface area contributed by atoms with Gasteiger partial charge in [0.1, 0.15) is 5.78 Å². The number of rotatable bonds is 14. The third kappa shape index (κ3) is 7.97. The highest BCUT2D eigenvalue weighted by molar-refractivity contribution is 8.02. The molecule has 0 aliphatic carbocycles. The fraction of sp³-hybridized carbons (Fsp3) is 0.667. The van der Waals surface area contributed by atoms with Gasteiger partial charge in [-0.05, 0) is 18.2 Å². The number of aromatic amines is 1. The first kappa shape index (κ1) is 22.8. The molecule has 148 valence electrons. The first-order valence-corrected chi connectivity index (χ1v) is 10.9. The van der Waals surface area contributed by atoms with E-state index in [1.165, 1.54) is 11.8 Å². The highest BCUT2D eigenvalue weighted by Gasteiger charge is 2.37. The molecule has 3 N–H and O–H groups in total. The fourth-order valence-corrected chi connectivity index (χ4v) is 4.53. The maximum atomic E-state index is 12.0. The molecule has 0 aliphatic heterocycles. The van der Waals surface area contributed by atoms with E-state index in [1.807, 2.05) is 6.92 Å². The Kier molecular flexibility index (Phi) is 10.1. The van der Waals surface area contributed by atoms with Gasteiger partial charge in [-0.3, -0.25) is 4.79 Å². The Hall–Kier alpha value is -1.24. The van der Waals surface area contributed by atoms with E-state index in [2.05, 4.69) is 27.1 Å². The average molecular weight is 405 g/mol. The summed E-state index contributed by atoms with van der Waals surface area (Å²) in [5, 5.41) is 21.4. The molecule has 1 atom stereocenters. The molecular weight excluding hydrogens is 376 g/mol. The molecule has 1 rings (SSSR count). The molecule has 1 unspecified atom stereocenters. The predicted octanol–water partition coefficient (Wildman–Crippen LogP) is 1.82. The number of thioether (sulfide) groups is 1. The lowest BCUT2D eigenvalue weighted by molar-refractivity contribution is -0.120. The molecule has 1 aromatic rings. The van der Waals surface area contributed by atoms with E-state index in [-0.39, 0.29) is 18.7 Å². The second-order valence-electron chi connectivity index (χ2n) is 5.71. The van der Waals surface area contributed by atoms with Crippen LogP contribution in [0, 0.1) is 0 Å². The van der Waals surface area contributed by atoms with E-state index >= 15 is 0 Å². The predicted molar refractivity (Wildman–Crippen MR) is 102 cm³/mol. The van der Waals surface area contributed by atoms with Gasteiger partial charge in [-0.2, -0.15) is 0 Å². The number of aromatic nitrogens is 3. The molecule has 0 spiro atoms. The minimum Gasteiger partial charge on any atom is -0.391 e. The van der Waals surface area contributed by atoms with Crippen molar-refractivity contribution in [2.75, 3.05) is 33.2 Å². The van der Waals surface area contributed by atoms with Crippen LogP contribution >= 0.6 is 11.8 Å². The van der Waals surface area contributed by atoms with Gasteiger partial charge in [-0.15, -0.1) is 10.2 Å². The summed E-state index contributed by atoms with van der Waals surface area (Å²) in [6.07, 6.45) is 0.184. The third-order valence-electron chi connectivity index (χ3n) is 3.58. The van der Waals surface area contributed by atoms with Crippen LogP contribution in [0.1, 0.15) is 26.2 Å². The minimum atomic E-state index is -2.65. The van der Waals surface area contributed by atoms with Crippen molar-refractivity contribution in [1.29, 1.82) is 0 Å². The van der Waals surface area contributed by atoms with Crippen molar-refractivity contribution in [3.05, 3.63) is 11.5 Å². The Morgan fingerprint density at radius 3 is 2.58 bits per heavy atom. The molecule has 26 heavy (non-hydrogen) atoms. The molecule has 9 nitrogen and oxygen atoms in total. The Morgan fingerprint density at radius 1 is 1.35 bits per heavy atom. The van der Waals surface area contributed by atoms with Gasteiger partial charge in [0.05, 0.1) is 6.10 Å². The molecule has 0 radical (unpaired) electrons. The van der Waals surface area contributed by atoms with Crippen LogP contribution in [0.2, 0.25) is 6.04 Å². The summed E-state index contributed by atoms with van der Waals surface area (Å²) in [5.41, 5.74) is 0. The number of allylic oxidation sites excluding steroid dienone is 1. The quantitative estimate of drug-likeness (QED) is 0.315. The van der Waals surface area contributed by atoms with E-state index in [9.17, 15) is 9.90 Å². The van der Waals surface area contributed by atoms with Crippen LogP contribution in [0.3, 0.4) is 0 Å². The van der Waals surface area contributed by atoms with E-state index in [0.29, 0.717) is 30.0 Å². The number of carbonyl (C=O) groups is 1. The lowest BCUT2D eigenvalue weighted by atomic mass is 10.1. The second-order valence-corrected chi connectivity index (χ2v) is 10.1. The van der Waals surface area contributed by atoms with E-state index in [1.54, 1.807) is 21.3 Å². The lowest BCUT2D eigenvalue weighted by Crippen LogP contribution is -2.42. The number of ketones is 1. The zero-order chi connectivity index (χ0) is 19.6. The fourth-order valence-electron chi connectivity index (χ4n) is 2.25. The van der Waals surface area contributed by atoms with Crippen molar-refractivity contribution in [3.63, 3.8) is 0 Å².